The highest BCUT2D eigenvalue weighted by molar-refractivity contribution is 9.10. The minimum Gasteiger partial charge on any atom is -0.321 e. The zero-order valence-corrected chi connectivity index (χ0v) is 20.9. The summed E-state index contributed by atoms with van der Waals surface area (Å²) in [5.41, 5.74) is 3.89. The van der Waals surface area contributed by atoms with Crippen LogP contribution in [0.25, 0.3) is 10.9 Å². The van der Waals surface area contributed by atoms with Gasteiger partial charge in [0.2, 0.25) is 0 Å². The van der Waals surface area contributed by atoms with Gasteiger partial charge in [0.25, 0.3) is 5.91 Å². The van der Waals surface area contributed by atoms with Gasteiger partial charge in [0.1, 0.15) is 5.69 Å². The summed E-state index contributed by atoms with van der Waals surface area (Å²) in [4.78, 5) is 38.2. The summed E-state index contributed by atoms with van der Waals surface area (Å²) in [7, 11) is 0. The van der Waals surface area contributed by atoms with Gasteiger partial charge in [0, 0.05) is 26.3 Å². The van der Waals surface area contributed by atoms with Gasteiger partial charge in [-0.15, -0.1) is 0 Å². The van der Waals surface area contributed by atoms with Crippen molar-refractivity contribution >= 4 is 90.7 Å². The molecule has 4 aromatic rings. The van der Waals surface area contributed by atoms with Crippen molar-refractivity contribution < 1.29 is 14.4 Å². The zero-order valence-electron chi connectivity index (χ0n) is 17.0. The number of benzene rings is 3. The van der Waals surface area contributed by atoms with Gasteiger partial charge in [0.05, 0.1) is 15.6 Å². The number of rotatable bonds is 4. The Hall–Kier alpha value is -3.04. The quantitative estimate of drug-likeness (QED) is 0.247. The van der Waals surface area contributed by atoms with E-state index in [-0.39, 0.29) is 10.7 Å². The molecule has 1 heterocycles. The van der Waals surface area contributed by atoms with Crippen LogP contribution >= 0.6 is 50.7 Å². The monoisotopic (exact) mass is 578 g/mol. The Balaban J connectivity index is 1.62. The maximum Gasteiger partial charge on any atom is 0.328 e. The predicted molar refractivity (Wildman–Crippen MR) is 139 cm³/mol. The van der Waals surface area contributed by atoms with Crippen LogP contribution in [0.2, 0.25) is 15.1 Å². The van der Waals surface area contributed by atoms with Crippen molar-refractivity contribution in [2.45, 2.75) is 0 Å². The minimum absolute atomic E-state index is 0.0896. The zero-order chi connectivity index (χ0) is 24.4. The lowest BCUT2D eigenvalue weighted by Gasteiger charge is -2.13. The minimum atomic E-state index is -0.973. The van der Waals surface area contributed by atoms with Gasteiger partial charge in [-0.25, -0.2) is 4.68 Å². The van der Waals surface area contributed by atoms with Crippen molar-refractivity contribution in [1.29, 1.82) is 0 Å². The number of halogens is 4. The fourth-order valence-electron chi connectivity index (χ4n) is 3.12. The van der Waals surface area contributed by atoms with Gasteiger partial charge >= 0.3 is 11.8 Å². The number of anilines is 2. The lowest BCUT2D eigenvalue weighted by atomic mass is 10.2. The second-order valence-corrected chi connectivity index (χ2v) is 9.22. The molecule has 0 unspecified atom stereocenters. The highest BCUT2D eigenvalue weighted by Gasteiger charge is 2.21. The van der Waals surface area contributed by atoms with E-state index >= 15 is 0 Å². The predicted octanol–water partition coefficient (Wildman–Crippen LogP) is 6.33. The molecule has 3 amide bonds. The number of aromatic nitrogens is 1. The van der Waals surface area contributed by atoms with Gasteiger partial charge in [-0.2, -0.15) is 0 Å². The molecule has 11 heteroatoms. The first-order valence-corrected chi connectivity index (χ1v) is 11.6. The van der Waals surface area contributed by atoms with Crippen molar-refractivity contribution in [3.05, 3.63) is 92.0 Å². The summed E-state index contributed by atoms with van der Waals surface area (Å²) in [6.07, 6.45) is 0. The summed E-state index contributed by atoms with van der Waals surface area (Å²) in [5, 5.41) is 6.96. The number of nitrogens with one attached hydrogen (secondary N) is 3. The number of hydrogen-bond donors (Lipinski definition) is 3. The Morgan fingerprint density at radius 1 is 0.735 bits per heavy atom. The van der Waals surface area contributed by atoms with E-state index in [0.717, 1.165) is 4.47 Å². The van der Waals surface area contributed by atoms with E-state index in [0.29, 0.717) is 32.3 Å². The Kier molecular flexibility index (Phi) is 7.13. The SMILES string of the molecule is O=C(Nc1ccc(Cl)cc1)C(=O)Nn1c(C(=O)Nc2ccc(Cl)c(Cl)c2)cc2cc(Br)ccc21. The number of nitrogens with zero attached hydrogens (tertiary/aromatic N) is 1. The van der Waals surface area contributed by atoms with Crippen LogP contribution in [-0.4, -0.2) is 22.4 Å². The molecule has 0 saturated carbocycles. The molecule has 34 heavy (non-hydrogen) atoms. The summed E-state index contributed by atoms with van der Waals surface area (Å²) in [6, 6.07) is 17.7. The molecule has 1 aromatic heterocycles. The van der Waals surface area contributed by atoms with E-state index in [2.05, 4.69) is 32.0 Å². The van der Waals surface area contributed by atoms with Crippen LogP contribution in [0.5, 0.6) is 0 Å². The second kappa shape index (κ2) is 10.1. The first kappa shape index (κ1) is 24.1. The first-order chi connectivity index (χ1) is 16.2. The fraction of sp³-hybridized carbons (Fsp3) is 0. The van der Waals surface area contributed by atoms with E-state index in [1.807, 2.05) is 0 Å². The summed E-state index contributed by atoms with van der Waals surface area (Å²) < 4.78 is 2.03. The molecule has 0 aliphatic carbocycles. The van der Waals surface area contributed by atoms with Gasteiger partial charge in [-0.1, -0.05) is 50.7 Å². The molecule has 3 N–H and O–H groups in total. The molecule has 172 valence electrons. The van der Waals surface area contributed by atoms with Crippen molar-refractivity contribution in [2.75, 3.05) is 16.1 Å². The molecule has 0 atom stereocenters. The molecular weight excluding hydrogens is 567 g/mol. The van der Waals surface area contributed by atoms with Crippen molar-refractivity contribution in [3.8, 4) is 0 Å². The highest BCUT2D eigenvalue weighted by atomic mass is 79.9. The number of fused-ring (bicyclic) bond motifs is 1. The molecule has 0 aliphatic rings. The lowest BCUT2D eigenvalue weighted by Crippen LogP contribution is -2.36. The number of amides is 3. The van der Waals surface area contributed by atoms with Crippen LogP contribution in [0.4, 0.5) is 11.4 Å². The Morgan fingerprint density at radius 2 is 1.44 bits per heavy atom. The van der Waals surface area contributed by atoms with Crippen LogP contribution in [0.15, 0.2) is 71.2 Å². The highest BCUT2D eigenvalue weighted by Crippen LogP contribution is 2.27. The first-order valence-electron chi connectivity index (χ1n) is 9.66. The summed E-state index contributed by atoms with van der Waals surface area (Å²) >= 11 is 21.2. The Bertz CT molecular complexity index is 1440. The van der Waals surface area contributed by atoms with Crippen LogP contribution in [0, 0.1) is 0 Å². The molecule has 0 radical (unpaired) electrons. The van der Waals surface area contributed by atoms with Gasteiger partial charge < -0.3 is 10.6 Å². The maximum atomic E-state index is 13.1. The van der Waals surface area contributed by atoms with Crippen molar-refractivity contribution in [3.63, 3.8) is 0 Å². The van der Waals surface area contributed by atoms with E-state index in [1.54, 1.807) is 60.7 Å². The van der Waals surface area contributed by atoms with Gasteiger partial charge in [0.15, 0.2) is 0 Å². The molecular formula is C23H14BrCl3N4O3. The van der Waals surface area contributed by atoms with Crippen LogP contribution in [-0.2, 0) is 9.59 Å². The fourth-order valence-corrected chi connectivity index (χ4v) is 3.92. The van der Waals surface area contributed by atoms with E-state index < -0.39 is 17.7 Å². The Morgan fingerprint density at radius 3 is 2.15 bits per heavy atom. The van der Waals surface area contributed by atoms with Crippen LogP contribution < -0.4 is 16.1 Å². The molecule has 4 rings (SSSR count). The van der Waals surface area contributed by atoms with Crippen LogP contribution in [0.3, 0.4) is 0 Å². The summed E-state index contributed by atoms with van der Waals surface area (Å²) in [5.74, 6) is -2.43. The number of carbonyl (C=O) groups excluding carboxylic acids is 3. The molecule has 7 nitrogen and oxygen atoms in total. The smallest absolute Gasteiger partial charge is 0.321 e. The number of carbonyl (C=O) groups is 3. The normalized spacial score (nSPS) is 10.7. The molecule has 0 aliphatic heterocycles. The third kappa shape index (κ3) is 5.37. The second-order valence-electron chi connectivity index (χ2n) is 7.05. The third-order valence-electron chi connectivity index (χ3n) is 4.70. The van der Waals surface area contributed by atoms with Crippen molar-refractivity contribution in [2.24, 2.45) is 0 Å². The van der Waals surface area contributed by atoms with Gasteiger partial charge in [-0.05, 0) is 66.7 Å². The topological polar surface area (TPSA) is 92.2 Å². The maximum absolute atomic E-state index is 13.1. The van der Waals surface area contributed by atoms with E-state index in [4.69, 9.17) is 34.8 Å². The third-order valence-corrected chi connectivity index (χ3v) is 6.18. The molecule has 0 fully saturated rings. The average molecular weight is 581 g/mol. The molecule has 0 bridgehead atoms. The van der Waals surface area contributed by atoms with Crippen molar-refractivity contribution in [1.82, 2.24) is 4.68 Å². The van der Waals surface area contributed by atoms with Gasteiger partial charge in [-0.3, -0.25) is 19.8 Å². The van der Waals surface area contributed by atoms with E-state index in [9.17, 15) is 14.4 Å². The lowest BCUT2D eigenvalue weighted by molar-refractivity contribution is -0.133. The standard InChI is InChI=1S/C23H14BrCl3N4O3/c24-13-1-8-19-12(9-13)10-20(21(32)29-16-6-7-17(26)18(27)11-16)31(19)30-23(34)22(33)28-15-4-2-14(25)3-5-15/h1-11H,(H,28,33)(H,29,32)(H,30,34). The van der Waals surface area contributed by atoms with E-state index in [1.165, 1.54) is 10.7 Å². The molecule has 0 saturated heterocycles. The Labute approximate surface area is 217 Å². The average Bonchev–Trinajstić information content (AvgIpc) is 3.15. The molecule has 3 aromatic carbocycles. The number of hydrogen-bond acceptors (Lipinski definition) is 3. The largest absolute Gasteiger partial charge is 0.328 e. The molecule has 0 spiro atoms. The summed E-state index contributed by atoms with van der Waals surface area (Å²) in [6.45, 7) is 0. The van der Waals surface area contributed by atoms with Crippen LogP contribution in [0.1, 0.15) is 10.5 Å².